The molecule has 1 saturated heterocycles. The summed E-state index contributed by atoms with van der Waals surface area (Å²) in [6.07, 6.45) is 1.88. The van der Waals surface area contributed by atoms with Crippen LogP contribution >= 0.6 is 11.8 Å². The van der Waals surface area contributed by atoms with Gasteiger partial charge in [-0.1, -0.05) is 55.5 Å². The van der Waals surface area contributed by atoms with E-state index in [0.717, 1.165) is 16.7 Å². The second-order valence-corrected chi connectivity index (χ2v) is 10.8. The van der Waals surface area contributed by atoms with E-state index in [1.165, 1.54) is 18.0 Å². The molecule has 4 atom stereocenters. The van der Waals surface area contributed by atoms with Gasteiger partial charge in [0.2, 0.25) is 0 Å². The second kappa shape index (κ2) is 13.1. The maximum atomic E-state index is 12.5. The van der Waals surface area contributed by atoms with Gasteiger partial charge in [0.15, 0.2) is 6.29 Å². The van der Waals surface area contributed by atoms with Gasteiger partial charge in [0.25, 0.3) is 5.91 Å². The fraction of sp³-hybridized carbons (Fsp3) is 0.219. The molecule has 3 aromatic carbocycles. The van der Waals surface area contributed by atoms with E-state index >= 15 is 0 Å². The van der Waals surface area contributed by atoms with E-state index in [0.29, 0.717) is 21.9 Å². The Bertz CT molecular complexity index is 1480. The molecule has 8 nitrogen and oxygen atoms in total. The number of aromatic carboxylic acids is 1. The van der Waals surface area contributed by atoms with Crippen molar-refractivity contribution in [1.82, 2.24) is 4.98 Å². The minimum Gasteiger partial charge on any atom is -0.478 e. The highest BCUT2D eigenvalue weighted by Crippen LogP contribution is 2.43. The van der Waals surface area contributed by atoms with Crippen molar-refractivity contribution < 1.29 is 29.3 Å². The van der Waals surface area contributed by atoms with Crippen LogP contribution in [0.2, 0.25) is 0 Å². The molecule has 0 aliphatic carbocycles. The molecule has 3 N–H and O–H groups in total. The van der Waals surface area contributed by atoms with Crippen molar-refractivity contribution >= 4 is 29.3 Å². The van der Waals surface area contributed by atoms with Gasteiger partial charge in [-0.25, -0.2) is 4.79 Å². The number of aromatic nitrogens is 1. The number of hydrogen-bond acceptors (Lipinski definition) is 7. The average Bonchev–Trinajstić information content (AvgIpc) is 3.01. The average molecular weight is 571 g/mol. The lowest BCUT2D eigenvalue weighted by atomic mass is 9.91. The van der Waals surface area contributed by atoms with Crippen molar-refractivity contribution in [1.29, 1.82) is 0 Å². The van der Waals surface area contributed by atoms with Gasteiger partial charge in [-0.2, -0.15) is 0 Å². The largest absolute Gasteiger partial charge is 0.478 e. The van der Waals surface area contributed by atoms with Gasteiger partial charge in [0.05, 0.1) is 29.9 Å². The quantitative estimate of drug-likeness (QED) is 0.206. The van der Waals surface area contributed by atoms with Crippen LogP contribution in [-0.2, 0) is 16.1 Å². The molecule has 0 saturated carbocycles. The van der Waals surface area contributed by atoms with E-state index in [9.17, 15) is 19.8 Å². The van der Waals surface area contributed by atoms with Gasteiger partial charge < -0.3 is 25.0 Å². The van der Waals surface area contributed by atoms with Crippen LogP contribution in [0.25, 0.3) is 0 Å². The zero-order valence-corrected chi connectivity index (χ0v) is 23.2. The summed E-state index contributed by atoms with van der Waals surface area (Å²) >= 11 is 1.45. The van der Waals surface area contributed by atoms with Crippen LogP contribution in [0.4, 0.5) is 5.69 Å². The summed E-state index contributed by atoms with van der Waals surface area (Å²) in [7, 11) is 0. The summed E-state index contributed by atoms with van der Waals surface area (Å²) in [6.45, 7) is 2.02. The lowest BCUT2D eigenvalue weighted by molar-refractivity contribution is -0.268. The predicted octanol–water partition coefficient (Wildman–Crippen LogP) is 6.11. The Kier molecular flexibility index (Phi) is 9.11. The monoisotopic (exact) mass is 570 g/mol. The number of carboxylic acid groups (broad SMARTS) is 1. The summed E-state index contributed by atoms with van der Waals surface area (Å²) in [6, 6.07) is 25.3. The summed E-state index contributed by atoms with van der Waals surface area (Å²) in [5.41, 5.74) is 3.91. The van der Waals surface area contributed by atoms with Gasteiger partial charge >= 0.3 is 5.97 Å². The number of amides is 1. The Morgan fingerprint density at radius 3 is 2.34 bits per heavy atom. The third-order valence-corrected chi connectivity index (χ3v) is 8.17. The molecule has 210 valence electrons. The van der Waals surface area contributed by atoms with E-state index in [1.54, 1.807) is 48.7 Å². The van der Waals surface area contributed by atoms with Gasteiger partial charge in [-0.15, -0.1) is 11.8 Å². The molecular weight excluding hydrogens is 540 g/mol. The number of nitrogens with zero attached hydrogens (tertiary/aromatic N) is 1. The molecule has 1 fully saturated rings. The fourth-order valence-electron chi connectivity index (χ4n) is 4.67. The second-order valence-electron chi connectivity index (χ2n) is 9.75. The number of carbonyl (C=O) groups excluding carboxylic acids is 1. The standard InChI is InChI=1S/C32H30N2O6S/c1-20-27(19-41-28-7-3-2-6-26(28)31(37)38)39-32(40-29(20)22-10-8-21(18-35)9-11-22)23-12-14-25(15-13-23)34-30(36)24-5-4-16-33-17-24/h2-17,20,27,29,32,35H,18-19H2,1H3,(H,34,36)(H,37,38)/t20-,27+,29+,32+/m1/s1. The van der Waals surface area contributed by atoms with Crippen LogP contribution in [0.15, 0.2) is 102 Å². The summed E-state index contributed by atoms with van der Waals surface area (Å²) in [5.74, 6) is -0.747. The highest BCUT2D eigenvalue weighted by atomic mass is 32.2. The summed E-state index contributed by atoms with van der Waals surface area (Å²) in [5, 5.41) is 22.0. The van der Waals surface area contributed by atoms with Crippen molar-refractivity contribution in [2.24, 2.45) is 5.92 Å². The molecule has 0 bridgehead atoms. The van der Waals surface area contributed by atoms with Gasteiger partial charge in [0, 0.05) is 40.2 Å². The topological polar surface area (TPSA) is 118 Å². The number of anilines is 1. The van der Waals surface area contributed by atoms with Gasteiger partial charge in [-0.05, 0) is 47.5 Å². The smallest absolute Gasteiger partial charge is 0.336 e. The third kappa shape index (κ3) is 6.83. The maximum Gasteiger partial charge on any atom is 0.336 e. The first-order chi connectivity index (χ1) is 19.9. The van der Waals surface area contributed by atoms with E-state index in [2.05, 4.69) is 17.2 Å². The number of hydrogen-bond donors (Lipinski definition) is 3. The first kappa shape index (κ1) is 28.5. The molecule has 1 aliphatic rings. The van der Waals surface area contributed by atoms with Crippen LogP contribution in [0, 0.1) is 5.92 Å². The Morgan fingerprint density at radius 2 is 1.66 bits per heavy atom. The van der Waals surface area contributed by atoms with Crippen molar-refractivity contribution in [3.8, 4) is 0 Å². The normalized spacial score (nSPS) is 20.3. The van der Waals surface area contributed by atoms with Crippen molar-refractivity contribution in [2.75, 3.05) is 11.1 Å². The number of carbonyl (C=O) groups is 2. The van der Waals surface area contributed by atoms with E-state index in [4.69, 9.17) is 9.47 Å². The predicted molar refractivity (Wildman–Crippen MR) is 156 cm³/mol. The van der Waals surface area contributed by atoms with E-state index in [-0.39, 0.29) is 36.2 Å². The number of aliphatic hydroxyl groups is 1. The Labute approximate surface area is 242 Å². The zero-order chi connectivity index (χ0) is 28.8. The lowest BCUT2D eigenvalue weighted by Gasteiger charge is -2.41. The SMILES string of the molecule is C[C@@H]1[C@H](CSc2ccccc2C(=O)O)O[C@H](c2ccc(NC(=O)c3cccnc3)cc2)O[C@@H]1c1ccc(CO)cc1. The summed E-state index contributed by atoms with van der Waals surface area (Å²) in [4.78, 5) is 28.9. The molecule has 0 spiro atoms. The molecule has 1 aliphatic heterocycles. The lowest BCUT2D eigenvalue weighted by Crippen LogP contribution is -2.38. The number of rotatable bonds is 9. The molecule has 4 aromatic rings. The molecule has 9 heteroatoms. The van der Waals surface area contributed by atoms with Gasteiger partial charge in [-0.3, -0.25) is 9.78 Å². The minimum absolute atomic E-state index is 0.0426. The van der Waals surface area contributed by atoms with Crippen molar-refractivity contribution in [2.45, 2.75) is 36.9 Å². The molecular formula is C32H30N2O6S. The molecule has 0 unspecified atom stereocenters. The van der Waals surface area contributed by atoms with Crippen molar-refractivity contribution in [3.05, 3.63) is 125 Å². The number of carboxylic acids is 1. The summed E-state index contributed by atoms with van der Waals surface area (Å²) < 4.78 is 13.0. The third-order valence-electron chi connectivity index (χ3n) is 7.01. The Morgan fingerprint density at radius 1 is 0.927 bits per heavy atom. The molecule has 2 heterocycles. The van der Waals surface area contributed by atoms with E-state index in [1.807, 2.05) is 42.5 Å². The highest BCUT2D eigenvalue weighted by Gasteiger charge is 2.38. The Balaban J connectivity index is 1.36. The highest BCUT2D eigenvalue weighted by molar-refractivity contribution is 7.99. The Hall–Kier alpha value is -4.02. The maximum absolute atomic E-state index is 12.5. The molecule has 41 heavy (non-hydrogen) atoms. The van der Waals surface area contributed by atoms with Crippen LogP contribution in [0.3, 0.4) is 0 Å². The molecule has 5 rings (SSSR count). The fourth-order valence-corrected chi connectivity index (χ4v) is 5.89. The van der Waals surface area contributed by atoms with Crippen LogP contribution in [0.5, 0.6) is 0 Å². The number of pyridine rings is 1. The number of thioether (sulfide) groups is 1. The first-order valence-electron chi connectivity index (χ1n) is 13.2. The number of benzene rings is 3. The molecule has 1 aromatic heterocycles. The van der Waals surface area contributed by atoms with Crippen LogP contribution in [-0.4, -0.2) is 38.9 Å². The van der Waals surface area contributed by atoms with Crippen LogP contribution < -0.4 is 5.32 Å². The number of aliphatic hydroxyl groups excluding tert-OH is 1. The number of nitrogens with one attached hydrogen (secondary N) is 1. The van der Waals surface area contributed by atoms with Gasteiger partial charge in [0.1, 0.15) is 0 Å². The number of ether oxygens (including phenoxy) is 2. The van der Waals surface area contributed by atoms with Crippen molar-refractivity contribution in [3.63, 3.8) is 0 Å². The van der Waals surface area contributed by atoms with E-state index < -0.39 is 12.3 Å². The molecule has 0 radical (unpaired) electrons. The zero-order valence-electron chi connectivity index (χ0n) is 22.3. The first-order valence-corrected chi connectivity index (χ1v) is 14.2. The van der Waals surface area contributed by atoms with Crippen LogP contribution in [0.1, 0.15) is 56.7 Å². The minimum atomic E-state index is -0.968. The molecule has 1 amide bonds.